The van der Waals surface area contributed by atoms with Crippen LogP contribution < -0.4 is 9.47 Å². The number of esters is 1. The molecule has 0 N–H and O–H groups in total. The van der Waals surface area contributed by atoms with Gasteiger partial charge in [-0.05, 0) is 30.9 Å². The summed E-state index contributed by atoms with van der Waals surface area (Å²) >= 11 is 0. The van der Waals surface area contributed by atoms with E-state index in [-0.39, 0.29) is 5.97 Å². The maximum Gasteiger partial charge on any atom is 0.311 e. The maximum atomic E-state index is 11.9. The van der Waals surface area contributed by atoms with E-state index < -0.39 is 0 Å². The molecule has 3 nitrogen and oxygen atoms in total. The number of benzene rings is 1. The van der Waals surface area contributed by atoms with Gasteiger partial charge in [-0.3, -0.25) is 4.79 Å². The number of carbonyl (C=O) groups excluding carboxylic acids is 1. The van der Waals surface area contributed by atoms with E-state index in [1.165, 1.54) is 0 Å². The third kappa shape index (κ3) is 5.47. The Morgan fingerprint density at radius 3 is 2.60 bits per heavy atom. The van der Waals surface area contributed by atoms with Gasteiger partial charge in [-0.25, -0.2) is 0 Å². The lowest BCUT2D eigenvalue weighted by Gasteiger charge is -2.13. The van der Waals surface area contributed by atoms with E-state index in [9.17, 15) is 4.79 Å². The molecule has 0 bridgehead atoms. The van der Waals surface area contributed by atoms with Crippen LogP contribution >= 0.6 is 0 Å². The van der Waals surface area contributed by atoms with Crippen molar-refractivity contribution in [2.75, 3.05) is 7.11 Å². The minimum atomic E-state index is -0.209. The second-order valence-electron chi connectivity index (χ2n) is 4.84. The summed E-state index contributed by atoms with van der Waals surface area (Å²) in [5.41, 5.74) is 0. The number of methoxy groups -OCH3 is 1. The Morgan fingerprint density at radius 1 is 1.30 bits per heavy atom. The quantitative estimate of drug-likeness (QED) is 0.381. The fraction of sp³-hybridized carbons (Fsp3) is 0.471. The fourth-order valence-corrected chi connectivity index (χ4v) is 2.22. The van der Waals surface area contributed by atoms with Gasteiger partial charge in [0.05, 0.1) is 7.11 Å². The van der Waals surface area contributed by atoms with Crippen molar-refractivity contribution in [2.24, 2.45) is 5.92 Å². The van der Waals surface area contributed by atoms with Crippen molar-refractivity contribution < 1.29 is 14.3 Å². The van der Waals surface area contributed by atoms with Gasteiger partial charge in [0, 0.05) is 6.42 Å². The number of ether oxygens (including phenoxy) is 2. The first kappa shape index (κ1) is 16.3. The summed E-state index contributed by atoms with van der Waals surface area (Å²) in [5, 5.41) is 0. The standard InChI is InChI=1S/C17H24O3/c1-4-8-14(9-5-2)12-13-17(18)20-16-11-7-6-10-15(16)19-3/h4,6-7,10-11,14H,1,5,8-9,12-13H2,2-3H3. The zero-order valence-corrected chi connectivity index (χ0v) is 12.4. The Balaban J connectivity index is 2.48. The lowest BCUT2D eigenvalue weighted by molar-refractivity contribution is -0.134. The lowest BCUT2D eigenvalue weighted by Crippen LogP contribution is -2.11. The molecule has 1 rings (SSSR count). The van der Waals surface area contributed by atoms with Crippen LogP contribution in [-0.4, -0.2) is 13.1 Å². The van der Waals surface area contributed by atoms with Crippen LogP contribution in [-0.2, 0) is 4.79 Å². The number of hydrogen-bond acceptors (Lipinski definition) is 3. The van der Waals surface area contributed by atoms with Crippen LogP contribution in [0.4, 0.5) is 0 Å². The van der Waals surface area contributed by atoms with Gasteiger partial charge in [0.2, 0.25) is 0 Å². The first-order valence-corrected chi connectivity index (χ1v) is 7.15. The molecule has 0 saturated carbocycles. The SMILES string of the molecule is C=CCC(CCC)CCC(=O)Oc1ccccc1OC. The number of para-hydroxylation sites is 2. The average molecular weight is 276 g/mol. The van der Waals surface area contributed by atoms with E-state index in [1.54, 1.807) is 19.2 Å². The van der Waals surface area contributed by atoms with Crippen LogP contribution in [0.1, 0.15) is 39.0 Å². The van der Waals surface area contributed by atoms with Crippen molar-refractivity contribution in [3.05, 3.63) is 36.9 Å². The van der Waals surface area contributed by atoms with E-state index in [2.05, 4.69) is 13.5 Å². The normalized spacial score (nSPS) is 11.7. The highest BCUT2D eigenvalue weighted by Gasteiger charge is 2.12. The molecule has 1 aromatic carbocycles. The average Bonchev–Trinajstić information content (AvgIpc) is 2.46. The van der Waals surface area contributed by atoms with E-state index >= 15 is 0 Å². The predicted molar refractivity (Wildman–Crippen MR) is 81.1 cm³/mol. The molecule has 1 atom stereocenters. The van der Waals surface area contributed by atoms with Gasteiger partial charge in [0.15, 0.2) is 11.5 Å². The number of rotatable bonds is 9. The molecule has 0 aliphatic heterocycles. The number of hydrogen-bond donors (Lipinski definition) is 0. The van der Waals surface area contributed by atoms with E-state index in [4.69, 9.17) is 9.47 Å². The van der Waals surface area contributed by atoms with Gasteiger partial charge >= 0.3 is 5.97 Å². The fourth-order valence-electron chi connectivity index (χ4n) is 2.22. The molecule has 0 aromatic heterocycles. The molecular formula is C17H24O3. The zero-order chi connectivity index (χ0) is 14.8. The molecule has 1 unspecified atom stereocenters. The Hall–Kier alpha value is -1.77. The van der Waals surface area contributed by atoms with E-state index in [1.807, 2.05) is 18.2 Å². The molecule has 0 heterocycles. The number of carbonyl (C=O) groups is 1. The molecule has 0 radical (unpaired) electrons. The minimum absolute atomic E-state index is 0.209. The Bertz CT molecular complexity index is 426. The van der Waals surface area contributed by atoms with Crippen LogP contribution in [0.5, 0.6) is 11.5 Å². The zero-order valence-electron chi connectivity index (χ0n) is 12.4. The van der Waals surface area contributed by atoms with Crippen LogP contribution in [0.3, 0.4) is 0 Å². The van der Waals surface area contributed by atoms with Gasteiger partial charge in [0.25, 0.3) is 0 Å². The van der Waals surface area contributed by atoms with Crippen LogP contribution in [0.2, 0.25) is 0 Å². The third-order valence-electron chi connectivity index (χ3n) is 3.25. The smallest absolute Gasteiger partial charge is 0.311 e. The number of allylic oxidation sites excluding steroid dienone is 1. The molecule has 110 valence electrons. The molecule has 3 heteroatoms. The molecular weight excluding hydrogens is 252 g/mol. The van der Waals surface area contributed by atoms with Gasteiger partial charge in [-0.1, -0.05) is 38.0 Å². The van der Waals surface area contributed by atoms with Crippen molar-refractivity contribution in [1.29, 1.82) is 0 Å². The van der Waals surface area contributed by atoms with Crippen molar-refractivity contribution in [3.8, 4) is 11.5 Å². The Morgan fingerprint density at radius 2 is 2.00 bits per heavy atom. The molecule has 0 spiro atoms. The molecule has 20 heavy (non-hydrogen) atoms. The van der Waals surface area contributed by atoms with Crippen LogP contribution in [0.15, 0.2) is 36.9 Å². The van der Waals surface area contributed by atoms with Crippen molar-refractivity contribution >= 4 is 5.97 Å². The molecule has 0 fully saturated rings. The Labute approximate surface area is 121 Å². The van der Waals surface area contributed by atoms with Gasteiger partial charge < -0.3 is 9.47 Å². The predicted octanol–water partition coefficient (Wildman–Crippen LogP) is 4.37. The Kier molecular flexibility index (Phi) is 7.48. The second kappa shape index (κ2) is 9.18. The minimum Gasteiger partial charge on any atom is -0.493 e. The summed E-state index contributed by atoms with van der Waals surface area (Å²) < 4.78 is 10.5. The highest BCUT2D eigenvalue weighted by Crippen LogP contribution is 2.26. The third-order valence-corrected chi connectivity index (χ3v) is 3.25. The lowest BCUT2D eigenvalue weighted by atomic mass is 9.95. The second-order valence-corrected chi connectivity index (χ2v) is 4.84. The molecule has 0 saturated heterocycles. The summed E-state index contributed by atoms with van der Waals surface area (Å²) in [5.74, 6) is 1.37. The van der Waals surface area contributed by atoms with E-state index in [0.717, 1.165) is 25.7 Å². The summed E-state index contributed by atoms with van der Waals surface area (Å²) in [7, 11) is 1.56. The molecule has 1 aromatic rings. The monoisotopic (exact) mass is 276 g/mol. The topological polar surface area (TPSA) is 35.5 Å². The van der Waals surface area contributed by atoms with Crippen LogP contribution in [0, 0.1) is 5.92 Å². The van der Waals surface area contributed by atoms with E-state index in [0.29, 0.717) is 23.8 Å². The highest BCUT2D eigenvalue weighted by atomic mass is 16.6. The first-order valence-electron chi connectivity index (χ1n) is 7.15. The van der Waals surface area contributed by atoms with Gasteiger partial charge in [-0.15, -0.1) is 6.58 Å². The van der Waals surface area contributed by atoms with Crippen LogP contribution in [0.25, 0.3) is 0 Å². The van der Waals surface area contributed by atoms with Crippen molar-refractivity contribution in [3.63, 3.8) is 0 Å². The largest absolute Gasteiger partial charge is 0.493 e. The summed E-state index contributed by atoms with van der Waals surface area (Å²) in [6.07, 6.45) is 6.39. The summed E-state index contributed by atoms with van der Waals surface area (Å²) in [4.78, 5) is 11.9. The molecule has 0 aliphatic rings. The maximum absolute atomic E-state index is 11.9. The summed E-state index contributed by atoms with van der Waals surface area (Å²) in [6, 6.07) is 7.18. The van der Waals surface area contributed by atoms with Gasteiger partial charge in [-0.2, -0.15) is 0 Å². The molecule has 0 amide bonds. The van der Waals surface area contributed by atoms with Crippen molar-refractivity contribution in [1.82, 2.24) is 0 Å². The molecule has 0 aliphatic carbocycles. The van der Waals surface area contributed by atoms with Crippen molar-refractivity contribution in [2.45, 2.75) is 39.0 Å². The summed E-state index contributed by atoms with van der Waals surface area (Å²) in [6.45, 7) is 5.92. The highest BCUT2D eigenvalue weighted by molar-refractivity contribution is 5.73. The first-order chi connectivity index (χ1) is 9.71. The van der Waals surface area contributed by atoms with Gasteiger partial charge in [0.1, 0.15) is 0 Å².